The van der Waals surface area contributed by atoms with Crippen LogP contribution in [0.5, 0.6) is 0 Å². The van der Waals surface area contributed by atoms with Gasteiger partial charge in [0.25, 0.3) is 0 Å². The highest BCUT2D eigenvalue weighted by molar-refractivity contribution is 8.13. The van der Waals surface area contributed by atoms with Crippen LogP contribution in [0, 0.1) is 5.92 Å². The molecule has 114 valence electrons. The summed E-state index contributed by atoms with van der Waals surface area (Å²) in [6.07, 6.45) is 0.522. The third kappa shape index (κ3) is 6.94. The molecule has 1 amide bonds. The normalized spacial score (nSPS) is 11.5. The van der Waals surface area contributed by atoms with E-state index in [1.54, 1.807) is 0 Å². The van der Waals surface area contributed by atoms with E-state index in [1.165, 1.54) is 14.0 Å². The lowest BCUT2D eigenvalue weighted by Gasteiger charge is -2.15. The van der Waals surface area contributed by atoms with Crippen LogP contribution in [0.2, 0.25) is 0 Å². The molecule has 0 aliphatic carbocycles. The number of rotatable bonds is 7. The van der Waals surface area contributed by atoms with E-state index in [-0.39, 0.29) is 23.5 Å². The van der Waals surface area contributed by atoms with E-state index in [9.17, 15) is 14.4 Å². The quantitative estimate of drug-likeness (QED) is 0.771. The Balaban J connectivity index is 2.64. The van der Waals surface area contributed by atoms with Crippen LogP contribution in [0.4, 0.5) is 0 Å². The first-order chi connectivity index (χ1) is 10.0. The molecule has 1 N–H and O–H groups in total. The van der Waals surface area contributed by atoms with Crippen LogP contribution in [0.3, 0.4) is 0 Å². The highest BCUT2D eigenvalue weighted by atomic mass is 32.2. The van der Waals surface area contributed by atoms with Gasteiger partial charge >= 0.3 is 5.97 Å². The summed E-state index contributed by atoms with van der Waals surface area (Å²) in [6.45, 7) is 1.31. The molecule has 0 aliphatic heterocycles. The van der Waals surface area contributed by atoms with Gasteiger partial charge in [0.05, 0.1) is 13.0 Å². The summed E-state index contributed by atoms with van der Waals surface area (Å²) < 4.78 is 4.48. The molecule has 6 heteroatoms. The monoisotopic (exact) mass is 309 g/mol. The van der Waals surface area contributed by atoms with Gasteiger partial charge in [-0.3, -0.25) is 14.4 Å². The molecular formula is C15H19NO4S. The number of amides is 1. The van der Waals surface area contributed by atoms with Crippen molar-refractivity contribution in [3.8, 4) is 0 Å². The Morgan fingerprint density at radius 3 is 2.48 bits per heavy atom. The number of methoxy groups -OCH3 is 1. The van der Waals surface area contributed by atoms with Crippen LogP contribution >= 0.6 is 11.8 Å². The molecule has 0 saturated carbocycles. The molecule has 1 atom stereocenters. The van der Waals surface area contributed by atoms with Crippen LogP contribution in [-0.2, 0) is 25.5 Å². The number of carbonyl (C=O) groups is 3. The van der Waals surface area contributed by atoms with E-state index in [0.717, 1.165) is 17.3 Å². The standard InChI is InChI=1S/C15H19NO4S/c1-11(17)21-10-13(8-12-6-4-3-5-7-12)15(19)16-9-14(18)20-2/h3-7,13H,8-10H2,1-2H3,(H,16,19). The Hall–Kier alpha value is -1.82. The Bertz CT molecular complexity index is 490. The van der Waals surface area contributed by atoms with E-state index in [1.807, 2.05) is 30.3 Å². The lowest BCUT2D eigenvalue weighted by atomic mass is 10.0. The molecule has 1 aromatic rings. The van der Waals surface area contributed by atoms with Gasteiger partial charge in [-0.2, -0.15) is 0 Å². The maximum absolute atomic E-state index is 12.1. The van der Waals surface area contributed by atoms with E-state index in [2.05, 4.69) is 10.1 Å². The van der Waals surface area contributed by atoms with Crippen molar-refractivity contribution in [3.05, 3.63) is 35.9 Å². The Kier molecular flexibility index (Phi) is 7.53. The molecule has 0 aliphatic rings. The van der Waals surface area contributed by atoms with Crippen molar-refractivity contribution < 1.29 is 19.1 Å². The zero-order chi connectivity index (χ0) is 15.7. The summed E-state index contributed by atoms with van der Waals surface area (Å²) in [5.41, 5.74) is 1.01. The predicted molar refractivity (Wildman–Crippen MR) is 81.8 cm³/mol. The SMILES string of the molecule is COC(=O)CNC(=O)C(CSC(C)=O)Cc1ccccc1. The summed E-state index contributed by atoms with van der Waals surface area (Å²) >= 11 is 1.11. The fraction of sp³-hybridized carbons (Fsp3) is 0.400. The molecule has 0 bridgehead atoms. The van der Waals surface area contributed by atoms with Crippen LogP contribution in [-0.4, -0.2) is 36.4 Å². The minimum atomic E-state index is -0.499. The van der Waals surface area contributed by atoms with Crippen molar-refractivity contribution >= 4 is 28.8 Å². The highest BCUT2D eigenvalue weighted by Gasteiger charge is 2.20. The highest BCUT2D eigenvalue weighted by Crippen LogP contribution is 2.15. The molecule has 0 saturated heterocycles. The number of ether oxygens (including phenoxy) is 1. The Morgan fingerprint density at radius 1 is 1.24 bits per heavy atom. The average molecular weight is 309 g/mol. The van der Waals surface area contributed by atoms with Crippen molar-refractivity contribution in [2.75, 3.05) is 19.4 Å². The molecule has 0 spiro atoms. The largest absolute Gasteiger partial charge is 0.468 e. The molecule has 21 heavy (non-hydrogen) atoms. The van der Waals surface area contributed by atoms with Crippen molar-refractivity contribution in [3.63, 3.8) is 0 Å². The van der Waals surface area contributed by atoms with Gasteiger partial charge in [0, 0.05) is 12.7 Å². The van der Waals surface area contributed by atoms with E-state index in [0.29, 0.717) is 12.2 Å². The molecule has 1 unspecified atom stereocenters. The lowest BCUT2D eigenvalue weighted by molar-refractivity contribution is -0.141. The topological polar surface area (TPSA) is 72.5 Å². The number of thioether (sulfide) groups is 1. The van der Waals surface area contributed by atoms with E-state index >= 15 is 0 Å². The summed E-state index contributed by atoms with van der Waals surface area (Å²) in [5, 5.41) is 2.51. The molecule has 1 aromatic carbocycles. The third-order valence-corrected chi connectivity index (χ3v) is 3.79. The third-order valence-electron chi connectivity index (χ3n) is 2.82. The van der Waals surface area contributed by atoms with Crippen molar-refractivity contribution in [2.45, 2.75) is 13.3 Å². The number of nitrogens with one attached hydrogen (secondary N) is 1. The van der Waals surface area contributed by atoms with Crippen LogP contribution in [0.25, 0.3) is 0 Å². The zero-order valence-corrected chi connectivity index (χ0v) is 12.9. The zero-order valence-electron chi connectivity index (χ0n) is 12.1. The minimum absolute atomic E-state index is 0.0335. The molecule has 0 heterocycles. The Morgan fingerprint density at radius 2 is 1.90 bits per heavy atom. The van der Waals surface area contributed by atoms with Crippen LogP contribution < -0.4 is 5.32 Å². The second kappa shape index (κ2) is 9.18. The molecule has 0 radical (unpaired) electrons. The first-order valence-electron chi connectivity index (χ1n) is 6.54. The van der Waals surface area contributed by atoms with Crippen molar-refractivity contribution in [1.82, 2.24) is 5.32 Å². The van der Waals surface area contributed by atoms with E-state index in [4.69, 9.17) is 0 Å². The minimum Gasteiger partial charge on any atom is -0.468 e. The molecule has 0 fully saturated rings. The van der Waals surface area contributed by atoms with Crippen molar-refractivity contribution in [2.24, 2.45) is 5.92 Å². The average Bonchev–Trinajstić information content (AvgIpc) is 2.49. The summed E-state index contributed by atoms with van der Waals surface area (Å²) in [5.74, 6) is -0.734. The van der Waals surface area contributed by atoms with Gasteiger partial charge in [0.1, 0.15) is 6.54 Å². The molecule has 1 rings (SSSR count). The number of hydrogen-bond acceptors (Lipinski definition) is 5. The molecular weight excluding hydrogens is 290 g/mol. The first kappa shape index (κ1) is 17.2. The number of benzene rings is 1. The van der Waals surface area contributed by atoms with Crippen LogP contribution in [0.1, 0.15) is 12.5 Å². The summed E-state index contributed by atoms with van der Waals surface area (Å²) in [6, 6.07) is 9.56. The van der Waals surface area contributed by atoms with Gasteiger partial charge < -0.3 is 10.1 Å². The second-order valence-corrected chi connectivity index (χ2v) is 5.68. The number of carbonyl (C=O) groups excluding carboxylic acids is 3. The van der Waals surface area contributed by atoms with Gasteiger partial charge in [-0.25, -0.2) is 0 Å². The predicted octanol–water partition coefficient (Wildman–Crippen LogP) is 1.41. The van der Waals surface area contributed by atoms with Crippen LogP contribution in [0.15, 0.2) is 30.3 Å². The van der Waals surface area contributed by atoms with Gasteiger partial charge in [-0.1, -0.05) is 42.1 Å². The molecule has 0 aromatic heterocycles. The first-order valence-corrected chi connectivity index (χ1v) is 7.53. The number of esters is 1. The van der Waals surface area contributed by atoms with Crippen molar-refractivity contribution in [1.29, 1.82) is 0 Å². The smallest absolute Gasteiger partial charge is 0.325 e. The fourth-order valence-electron chi connectivity index (χ4n) is 1.72. The van der Waals surface area contributed by atoms with Gasteiger partial charge in [-0.15, -0.1) is 0 Å². The second-order valence-electron chi connectivity index (χ2n) is 4.48. The lowest BCUT2D eigenvalue weighted by Crippen LogP contribution is -2.37. The summed E-state index contributed by atoms with van der Waals surface area (Å²) in [7, 11) is 1.27. The van der Waals surface area contributed by atoms with E-state index < -0.39 is 5.97 Å². The maximum Gasteiger partial charge on any atom is 0.325 e. The summed E-state index contributed by atoms with van der Waals surface area (Å²) in [4.78, 5) is 34.3. The Labute approximate surface area is 128 Å². The van der Waals surface area contributed by atoms with Gasteiger partial charge in [0.2, 0.25) is 5.91 Å². The number of hydrogen-bond donors (Lipinski definition) is 1. The molecule has 5 nitrogen and oxygen atoms in total. The van der Waals surface area contributed by atoms with Gasteiger partial charge in [0.15, 0.2) is 5.12 Å². The fourth-order valence-corrected chi connectivity index (χ4v) is 2.42. The van der Waals surface area contributed by atoms with Gasteiger partial charge in [-0.05, 0) is 12.0 Å². The maximum atomic E-state index is 12.1.